The third-order valence-corrected chi connectivity index (χ3v) is 3.43. The van der Waals surface area contributed by atoms with Gasteiger partial charge in [-0.05, 0) is 24.6 Å². The predicted octanol–water partition coefficient (Wildman–Crippen LogP) is 3.70. The van der Waals surface area contributed by atoms with E-state index in [4.69, 9.17) is 10.2 Å². The lowest BCUT2D eigenvalue weighted by molar-refractivity contribution is 0.102. The van der Waals surface area contributed by atoms with E-state index in [0.29, 0.717) is 11.1 Å². The summed E-state index contributed by atoms with van der Waals surface area (Å²) >= 11 is 0. The number of hydrogen-bond acceptors (Lipinski definition) is 3. The van der Waals surface area contributed by atoms with Crippen LogP contribution in [0.3, 0.4) is 0 Å². The van der Waals surface area contributed by atoms with Gasteiger partial charge in [-0.2, -0.15) is 0 Å². The zero-order valence-corrected chi connectivity index (χ0v) is 11.7. The first-order valence-corrected chi connectivity index (χ1v) is 6.79. The topological polar surface area (TPSA) is 68.3 Å². The van der Waals surface area contributed by atoms with Crippen LogP contribution in [0.2, 0.25) is 0 Å². The van der Waals surface area contributed by atoms with Crippen LogP contribution in [0.5, 0.6) is 0 Å². The van der Waals surface area contributed by atoms with Crippen LogP contribution >= 0.6 is 0 Å². The minimum atomic E-state index is -0.201. The average molecular weight is 280 g/mol. The fourth-order valence-corrected chi connectivity index (χ4v) is 2.35. The van der Waals surface area contributed by atoms with E-state index in [0.717, 1.165) is 16.6 Å². The van der Waals surface area contributed by atoms with Crippen molar-refractivity contribution in [3.63, 3.8) is 0 Å². The summed E-state index contributed by atoms with van der Waals surface area (Å²) in [6, 6.07) is 14.8. The molecule has 1 unspecified atom stereocenters. The van der Waals surface area contributed by atoms with E-state index >= 15 is 0 Å². The molecule has 1 amide bonds. The van der Waals surface area contributed by atoms with Crippen LogP contribution in [0.4, 0.5) is 5.69 Å². The maximum Gasteiger partial charge on any atom is 0.259 e. The summed E-state index contributed by atoms with van der Waals surface area (Å²) < 4.78 is 5.40. The molecule has 2 aromatic carbocycles. The van der Waals surface area contributed by atoms with Crippen LogP contribution in [-0.2, 0) is 0 Å². The average Bonchev–Trinajstić information content (AvgIpc) is 2.91. The highest BCUT2D eigenvalue weighted by Crippen LogP contribution is 2.24. The summed E-state index contributed by atoms with van der Waals surface area (Å²) in [4.78, 5) is 12.5. The molecule has 1 aromatic heterocycles. The van der Waals surface area contributed by atoms with E-state index in [1.807, 2.05) is 55.5 Å². The first-order valence-electron chi connectivity index (χ1n) is 6.79. The van der Waals surface area contributed by atoms with Crippen molar-refractivity contribution in [3.8, 4) is 0 Å². The van der Waals surface area contributed by atoms with E-state index < -0.39 is 0 Å². The van der Waals surface area contributed by atoms with Crippen LogP contribution in [0.25, 0.3) is 11.0 Å². The van der Waals surface area contributed by atoms with Crippen molar-refractivity contribution >= 4 is 22.6 Å². The molecule has 21 heavy (non-hydrogen) atoms. The van der Waals surface area contributed by atoms with E-state index in [-0.39, 0.29) is 11.9 Å². The Morgan fingerprint density at radius 2 is 1.86 bits per heavy atom. The van der Waals surface area contributed by atoms with Gasteiger partial charge in [-0.15, -0.1) is 0 Å². The van der Waals surface area contributed by atoms with Crippen molar-refractivity contribution in [2.45, 2.75) is 13.0 Å². The Balaban J connectivity index is 1.94. The number of carbonyl (C=O) groups excluding carboxylic acids is 1. The van der Waals surface area contributed by atoms with Gasteiger partial charge in [-0.25, -0.2) is 0 Å². The molecule has 3 N–H and O–H groups in total. The number of hydrogen-bond donors (Lipinski definition) is 2. The fourth-order valence-electron chi connectivity index (χ4n) is 2.35. The minimum absolute atomic E-state index is 0.150. The summed E-state index contributed by atoms with van der Waals surface area (Å²) in [6.07, 6.45) is 1.48. The van der Waals surface area contributed by atoms with Gasteiger partial charge in [0.15, 0.2) is 0 Å². The molecule has 0 radical (unpaired) electrons. The lowest BCUT2D eigenvalue weighted by Gasteiger charge is -2.13. The molecule has 4 nitrogen and oxygen atoms in total. The normalized spacial score (nSPS) is 12.3. The largest absolute Gasteiger partial charge is 0.463 e. The van der Waals surface area contributed by atoms with Gasteiger partial charge in [0, 0.05) is 17.1 Å². The fraction of sp³-hybridized carbons (Fsp3) is 0.118. The van der Waals surface area contributed by atoms with Crippen molar-refractivity contribution in [1.82, 2.24) is 0 Å². The number of benzene rings is 2. The van der Waals surface area contributed by atoms with Gasteiger partial charge in [0.25, 0.3) is 5.91 Å². The zero-order chi connectivity index (χ0) is 14.8. The molecule has 0 saturated heterocycles. The molecule has 106 valence electrons. The standard InChI is InChI=1S/C17H16N2O2/c1-11(18)12-6-2-4-8-15(12)19-17(20)14-10-21-16-9-5-3-7-13(14)16/h2-11H,18H2,1H3,(H,19,20). The Morgan fingerprint density at radius 3 is 2.67 bits per heavy atom. The second-order valence-corrected chi connectivity index (χ2v) is 4.98. The lowest BCUT2D eigenvalue weighted by Crippen LogP contribution is -2.15. The lowest BCUT2D eigenvalue weighted by atomic mass is 10.1. The third-order valence-electron chi connectivity index (χ3n) is 3.43. The molecule has 3 rings (SSSR count). The van der Waals surface area contributed by atoms with E-state index in [9.17, 15) is 4.79 Å². The highest BCUT2D eigenvalue weighted by Gasteiger charge is 2.15. The van der Waals surface area contributed by atoms with Crippen molar-refractivity contribution in [2.24, 2.45) is 5.73 Å². The maximum absolute atomic E-state index is 12.5. The Morgan fingerprint density at radius 1 is 1.14 bits per heavy atom. The molecule has 0 aliphatic carbocycles. The van der Waals surface area contributed by atoms with Crippen LogP contribution in [0.1, 0.15) is 28.9 Å². The van der Waals surface area contributed by atoms with Gasteiger partial charge in [0.1, 0.15) is 11.8 Å². The quantitative estimate of drug-likeness (QED) is 0.768. The van der Waals surface area contributed by atoms with Gasteiger partial charge in [0.2, 0.25) is 0 Å². The molecule has 0 bridgehead atoms. The van der Waals surface area contributed by atoms with Gasteiger partial charge in [0.05, 0.1) is 5.56 Å². The Hall–Kier alpha value is -2.59. The SMILES string of the molecule is CC(N)c1ccccc1NC(=O)c1coc2ccccc12. The Kier molecular flexibility index (Phi) is 3.46. The van der Waals surface area contributed by atoms with Crippen molar-refractivity contribution in [3.05, 3.63) is 65.9 Å². The number of furan rings is 1. The van der Waals surface area contributed by atoms with Crippen molar-refractivity contribution < 1.29 is 9.21 Å². The zero-order valence-electron chi connectivity index (χ0n) is 11.7. The van der Waals surface area contributed by atoms with E-state index in [1.54, 1.807) is 0 Å². The third kappa shape index (κ3) is 2.53. The smallest absolute Gasteiger partial charge is 0.259 e. The summed E-state index contributed by atoms with van der Waals surface area (Å²) in [5.41, 5.74) is 8.77. The number of anilines is 1. The number of nitrogens with one attached hydrogen (secondary N) is 1. The Bertz CT molecular complexity index is 790. The number of carbonyl (C=O) groups is 1. The second-order valence-electron chi connectivity index (χ2n) is 4.98. The van der Waals surface area contributed by atoms with Crippen LogP contribution < -0.4 is 11.1 Å². The molecule has 4 heteroatoms. The van der Waals surface area contributed by atoms with Crippen molar-refractivity contribution in [1.29, 1.82) is 0 Å². The van der Waals surface area contributed by atoms with E-state index in [2.05, 4.69) is 5.32 Å². The highest BCUT2D eigenvalue weighted by atomic mass is 16.3. The monoisotopic (exact) mass is 280 g/mol. The number of amides is 1. The van der Waals surface area contributed by atoms with Crippen molar-refractivity contribution in [2.75, 3.05) is 5.32 Å². The molecule has 0 aliphatic heterocycles. The van der Waals surface area contributed by atoms with Crippen LogP contribution in [-0.4, -0.2) is 5.91 Å². The van der Waals surface area contributed by atoms with E-state index in [1.165, 1.54) is 6.26 Å². The molecule has 0 aliphatic rings. The number of para-hydroxylation sites is 2. The summed E-state index contributed by atoms with van der Waals surface area (Å²) in [5, 5.41) is 3.71. The first kappa shape index (κ1) is 13.4. The molecular formula is C17H16N2O2. The second kappa shape index (κ2) is 5.42. The molecular weight excluding hydrogens is 264 g/mol. The van der Waals surface area contributed by atoms with Gasteiger partial charge >= 0.3 is 0 Å². The number of fused-ring (bicyclic) bond motifs is 1. The van der Waals surface area contributed by atoms with Gasteiger partial charge < -0.3 is 15.5 Å². The summed E-state index contributed by atoms with van der Waals surface area (Å²) in [7, 11) is 0. The predicted molar refractivity (Wildman–Crippen MR) is 83.2 cm³/mol. The minimum Gasteiger partial charge on any atom is -0.463 e. The van der Waals surface area contributed by atoms with Crippen LogP contribution in [0, 0.1) is 0 Å². The molecule has 0 spiro atoms. The van der Waals surface area contributed by atoms with Gasteiger partial charge in [-0.3, -0.25) is 4.79 Å². The number of rotatable bonds is 3. The van der Waals surface area contributed by atoms with Gasteiger partial charge in [-0.1, -0.05) is 36.4 Å². The summed E-state index contributed by atoms with van der Waals surface area (Å²) in [6.45, 7) is 1.89. The van der Waals surface area contributed by atoms with Crippen LogP contribution in [0.15, 0.2) is 59.2 Å². The Labute approximate surface area is 122 Å². The first-order chi connectivity index (χ1) is 10.2. The molecule has 1 heterocycles. The number of nitrogens with two attached hydrogens (primary N) is 1. The highest BCUT2D eigenvalue weighted by molar-refractivity contribution is 6.12. The molecule has 1 atom stereocenters. The molecule has 0 saturated carbocycles. The maximum atomic E-state index is 12.5. The molecule has 3 aromatic rings. The summed E-state index contributed by atoms with van der Waals surface area (Å²) in [5.74, 6) is -0.201. The molecule has 0 fully saturated rings.